The minimum atomic E-state index is 0.144. The first-order chi connectivity index (χ1) is 7.84. The van der Waals surface area contributed by atoms with Gasteiger partial charge in [-0.1, -0.05) is 24.3 Å². The number of nitrogens with two attached hydrogens (primary N) is 1. The van der Waals surface area contributed by atoms with E-state index in [0.717, 1.165) is 6.42 Å². The summed E-state index contributed by atoms with van der Waals surface area (Å²) in [5.41, 5.74) is 11.0. The number of fused-ring (bicyclic) bond motifs is 1. The minimum absolute atomic E-state index is 0.144. The van der Waals surface area contributed by atoms with Gasteiger partial charge in [0.1, 0.15) is 0 Å². The van der Waals surface area contributed by atoms with Crippen molar-refractivity contribution in [1.29, 1.82) is 0 Å². The number of nitrogens with zero attached hydrogens (tertiary/aromatic N) is 1. The van der Waals surface area contributed by atoms with E-state index in [2.05, 4.69) is 29.2 Å². The molecule has 0 saturated carbocycles. The molecular weight excluding hydrogens is 216 g/mol. The summed E-state index contributed by atoms with van der Waals surface area (Å²) >= 11 is 1.65. The van der Waals surface area contributed by atoms with Gasteiger partial charge in [0.15, 0.2) is 0 Å². The van der Waals surface area contributed by atoms with Crippen molar-refractivity contribution in [2.75, 3.05) is 0 Å². The predicted octanol–water partition coefficient (Wildman–Crippen LogP) is 2.87. The average Bonchev–Trinajstić information content (AvgIpc) is 2.79. The minimum Gasteiger partial charge on any atom is -0.323 e. The monoisotopic (exact) mass is 230 g/mol. The summed E-state index contributed by atoms with van der Waals surface area (Å²) in [4.78, 5) is 5.28. The molecule has 0 fully saturated rings. The van der Waals surface area contributed by atoms with Crippen LogP contribution in [0.3, 0.4) is 0 Å². The van der Waals surface area contributed by atoms with Gasteiger partial charge in [0, 0.05) is 17.1 Å². The molecule has 2 atom stereocenters. The second-order valence-corrected chi connectivity index (χ2v) is 5.26. The molecule has 0 spiro atoms. The van der Waals surface area contributed by atoms with Crippen LogP contribution >= 0.6 is 11.3 Å². The summed E-state index contributed by atoms with van der Waals surface area (Å²) < 4.78 is 0. The van der Waals surface area contributed by atoms with Gasteiger partial charge >= 0.3 is 0 Å². The highest BCUT2D eigenvalue weighted by Crippen LogP contribution is 2.40. The Kier molecular flexibility index (Phi) is 2.50. The molecule has 2 unspecified atom stereocenters. The van der Waals surface area contributed by atoms with Gasteiger partial charge in [0.2, 0.25) is 0 Å². The van der Waals surface area contributed by atoms with E-state index in [4.69, 9.17) is 5.73 Å². The molecular formula is C13H14N2S. The van der Waals surface area contributed by atoms with E-state index in [1.807, 2.05) is 11.7 Å². The topological polar surface area (TPSA) is 38.9 Å². The molecule has 3 rings (SSSR count). The largest absolute Gasteiger partial charge is 0.323 e. The van der Waals surface area contributed by atoms with Gasteiger partial charge in [0.05, 0.1) is 5.51 Å². The second kappa shape index (κ2) is 4.00. The lowest BCUT2D eigenvalue weighted by Gasteiger charge is -2.31. The van der Waals surface area contributed by atoms with Crippen LogP contribution in [-0.4, -0.2) is 4.98 Å². The SMILES string of the molecule is NC(CC1Cc2ccccc21)c1cncs1. The standard InChI is InChI=1S/C13H14N2S/c14-12(13-7-15-8-16-13)6-10-5-9-3-1-2-4-11(9)10/h1-4,7-8,10,12H,5-6,14H2. The van der Waals surface area contributed by atoms with E-state index in [9.17, 15) is 0 Å². The van der Waals surface area contributed by atoms with E-state index in [1.54, 1.807) is 11.3 Å². The Morgan fingerprint density at radius 3 is 3.06 bits per heavy atom. The summed E-state index contributed by atoms with van der Waals surface area (Å²) in [7, 11) is 0. The Morgan fingerprint density at radius 2 is 2.31 bits per heavy atom. The van der Waals surface area contributed by atoms with E-state index < -0.39 is 0 Å². The molecule has 1 aromatic heterocycles. The van der Waals surface area contributed by atoms with Crippen LogP contribution < -0.4 is 5.73 Å². The highest BCUT2D eigenvalue weighted by molar-refractivity contribution is 7.09. The van der Waals surface area contributed by atoms with Crippen LogP contribution in [0.4, 0.5) is 0 Å². The van der Waals surface area contributed by atoms with Gasteiger partial charge in [-0.05, 0) is 29.9 Å². The van der Waals surface area contributed by atoms with Crippen molar-refractivity contribution in [3.05, 3.63) is 52.0 Å². The van der Waals surface area contributed by atoms with E-state index in [1.165, 1.54) is 22.4 Å². The molecule has 16 heavy (non-hydrogen) atoms. The van der Waals surface area contributed by atoms with E-state index in [-0.39, 0.29) is 6.04 Å². The van der Waals surface area contributed by atoms with Crippen molar-refractivity contribution in [2.24, 2.45) is 5.73 Å². The van der Waals surface area contributed by atoms with Crippen LogP contribution in [0.1, 0.15) is 34.4 Å². The number of hydrogen-bond acceptors (Lipinski definition) is 3. The van der Waals surface area contributed by atoms with Crippen molar-refractivity contribution >= 4 is 11.3 Å². The number of benzene rings is 1. The second-order valence-electron chi connectivity index (χ2n) is 4.35. The Hall–Kier alpha value is -1.19. The zero-order valence-electron chi connectivity index (χ0n) is 8.97. The van der Waals surface area contributed by atoms with E-state index >= 15 is 0 Å². The molecule has 1 aromatic carbocycles. The van der Waals surface area contributed by atoms with Gasteiger partial charge in [0.25, 0.3) is 0 Å². The third kappa shape index (κ3) is 1.66. The molecule has 0 saturated heterocycles. The van der Waals surface area contributed by atoms with Crippen molar-refractivity contribution in [3.63, 3.8) is 0 Å². The molecule has 2 aromatic rings. The average molecular weight is 230 g/mol. The maximum Gasteiger partial charge on any atom is 0.0794 e. The first-order valence-corrected chi connectivity index (χ1v) is 6.44. The van der Waals surface area contributed by atoms with Crippen LogP contribution in [0.5, 0.6) is 0 Å². The summed E-state index contributed by atoms with van der Waals surface area (Å²) in [5.74, 6) is 0.647. The molecule has 0 bridgehead atoms. The fourth-order valence-corrected chi connectivity index (χ4v) is 3.04. The molecule has 2 nitrogen and oxygen atoms in total. The highest BCUT2D eigenvalue weighted by Gasteiger charge is 2.27. The quantitative estimate of drug-likeness (QED) is 0.880. The Labute approximate surface area is 99.1 Å². The summed E-state index contributed by atoms with van der Waals surface area (Å²) in [5, 5.41) is 0. The van der Waals surface area contributed by atoms with Crippen LogP contribution in [0, 0.1) is 0 Å². The molecule has 82 valence electrons. The van der Waals surface area contributed by atoms with Crippen LogP contribution in [0.15, 0.2) is 36.0 Å². The number of rotatable bonds is 3. The van der Waals surface area contributed by atoms with Gasteiger partial charge in [-0.2, -0.15) is 0 Å². The lowest BCUT2D eigenvalue weighted by Crippen LogP contribution is -2.22. The van der Waals surface area contributed by atoms with Crippen molar-refractivity contribution < 1.29 is 0 Å². The molecule has 1 aliphatic carbocycles. The highest BCUT2D eigenvalue weighted by atomic mass is 32.1. The smallest absolute Gasteiger partial charge is 0.0794 e. The Morgan fingerprint density at radius 1 is 1.44 bits per heavy atom. The van der Waals surface area contributed by atoms with Crippen molar-refractivity contribution in [1.82, 2.24) is 4.98 Å². The zero-order valence-corrected chi connectivity index (χ0v) is 9.78. The fraction of sp³-hybridized carbons (Fsp3) is 0.308. The van der Waals surface area contributed by atoms with Gasteiger partial charge < -0.3 is 5.73 Å². The maximum atomic E-state index is 6.18. The van der Waals surface area contributed by atoms with Crippen LogP contribution in [0.2, 0.25) is 0 Å². The molecule has 2 N–H and O–H groups in total. The first kappa shape index (κ1) is 10.00. The normalized spacial score (nSPS) is 19.9. The third-order valence-electron chi connectivity index (χ3n) is 3.32. The zero-order chi connectivity index (χ0) is 11.0. The number of thiazole rings is 1. The molecule has 3 heteroatoms. The molecule has 1 heterocycles. The molecule has 1 aliphatic rings. The lowest BCUT2D eigenvalue weighted by molar-refractivity contribution is 0.502. The fourth-order valence-electron chi connectivity index (χ4n) is 2.40. The number of hydrogen-bond donors (Lipinski definition) is 1. The van der Waals surface area contributed by atoms with Gasteiger partial charge in [-0.25, -0.2) is 0 Å². The molecule has 0 radical (unpaired) electrons. The maximum absolute atomic E-state index is 6.18. The van der Waals surface area contributed by atoms with Crippen molar-refractivity contribution in [2.45, 2.75) is 24.8 Å². The van der Waals surface area contributed by atoms with Gasteiger partial charge in [-0.15, -0.1) is 11.3 Å². The predicted molar refractivity (Wildman–Crippen MR) is 66.5 cm³/mol. The van der Waals surface area contributed by atoms with Crippen LogP contribution in [-0.2, 0) is 6.42 Å². The molecule has 0 aliphatic heterocycles. The third-order valence-corrected chi connectivity index (χ3v) is 4.22. The summed E-state index contributed by atoms with van der Waals surface area (Å²) in [6.45, 7) is 0. The Balaban J connectivity index is 1.70. The molecule has 0 amide bonds. The summed E-state index contributed by atoms with van der Waals surface area (Å²) in [6, 6.07) is 8.81. The van der Waals surface area contributed by atoms with Crippen LogP contribution in [0.25, 0.3) is 0 Å². The summed E-state index contributed by atoms with van der Waals surface area (Å²) in [6.07, 6.45) is 4.11. The van der Waals surface area contributed by atoms with Crippen molar-refractivity contribution in [3.8, 4) is 0 Å². The van der Waals surface area contributed by atoms with Gasteiger partial charge in [-0.3, -0.25) is 4.98 Å². The first-order valence-electron chi connectivity index (χ1n) is 5.56. The number of aromatic nitrogens is 1. The Bertz CT molecular complexity index is 478. The van der Waals surface area contributed by atoms with E-state index in [0.29, 0.717) is 5.92 Å². The lowest BCUT2D eigenvalue weighted by atomic mass is 9.74.